The van der Waals surface area contributed by atoms with E-state index in [0.29, 0.717) is 0 Å². The van der Waals surface area contributed by atoms with Gasteiger partial charge in [-0.15, -0.1) is 22.7 Å². The molecular weight excluding hydrogens is 604 g/mol. The van der Waals surface area contributed by atoms with Gasteiger partial charge in [0.1, 0.15) is 10.0 Å². The second-order valence-electron chi connectivity index (χ2n) is 10.7. The van der Waals surface area contributed by atoms with E-state index in [4.69, 9.17) is 19.0 Å². The van der Waals surface area contributed by atoms with Crippen LogP contribution in [-0.4, -0.2) is 9.97 Å². The maximum absolute atomic E-state index is 13.0. The normalized spacial score (nSPS) is 11.8. The number of thiazole rings is 2. The Hall–Kier alpha value is -3.19. The van der Waals surface area contributed by atoms with E-state index in [1.807, 2.05) is 12.1 Å². The Kier molecular flexibility index (Phi) is 9.70. The van der Waals surface area contributed by atoms with E-state index >= 15 is 0 Å². The van der Waals surface area contributed by atoms with Gasteiger partial charge in [0.15, 0.2) is 0 Å². The van der Waals surface area contributed by atoms with Crippen molar-refractivity contribution in [3.8, 4) is 21.1 Å². The molecular formula is C36H37N2O3PS2. The Balaban J connectivity index is 1.16. The number of aromatic nitrogens is 2. The van der Waals surface area contributed by atoms with Crippen LogP contribution in [0.15, 0.2) is 72.8 Å². The van der Waals surface area contributed by atoms with Crippen LogP contribution in [0, 0.1) is 0 Å². The first-order valence-corrected chi connectivity index (χ1v) is 18.2. The van der Waals surface area contributed by atoms with E-state index in [2.05, 4.69) is 88.4 Å². The predicted octanol–water partition coefficient (Wildman–Crippen LogP) is 10.6. The molecule has 2 aromatic heterocycles. The van der Waals surface area contributed by atoms with Gasteiger partial charge in [0.05, 0.1) is 33.6 Å². The number of hydrogen-bond donors (Lipinski definition) is 0. The molecule has 0 bridgehead atoms. The maximum Gasteiger partial charge on any atom is 0.319 e. The average molecular weight is 641 g/mol. The molecule has 0 aliphatic rings. The lowest BCUT2D eigenvalue weighted by Gasteiger charge is -2.17. The lowest BCUT2D eigenvalue weighted by molar-refractivity contribution is 0.212. The molecule has 6 rings (SSSR count). The lowest BCUT2D eigenvalue weighted by atomic mass is 9.93. The van der Waals surface area contributed by atoms with Crippen molar-refractivity contribution >= 4 is 51.4 Å². The van der Waals surface area contributed by atoms with Crippen molar-refractivity contribution in [2.75, 3.05) is 0 Å². The summed E-state index contributed by atoms with van der Waals surface area (Å²) in [6, 6.07) is 25.0. The molecule has 44 heavy (non-hydrogen) atoms. The topological polar surface area (TPSA) is 61.3 Å². The number of hydrogen-bond acceptors (Lipinski definition) is 7. The van der Waals surface area contributed by atoms with Gasteiger partial charge in [0.2, 0.25) is 0 Å². The van der Waals surface area contributed by atoms with E-state index < -0.39 is 8.25 Å². The monoisotopic (exact) mass is 640 g/mol. The highest BCUT2D eigenvalue weighted by Crippen LogP contribution is 2.38. The highest BCUT2D eigenvalue weighted by atomic mass is 32.1. The molecule has 0 fully saturated rings. The number of para-hydroxylation sites is 2. The van der Waals surface area contributed by atoms with Crippen LogP contribution in [0.1, 0.15) is 61.1 Å². The van der Waals surface area contributed by atoms with Gasteiger partial charge in [-0.05, 0) is 83.3 Å². The second-order valence-corrected chi connectivity index (χ2v) is 13.8. The molecule has 226 valence electrons. The summed E-state index contributed by atoms with van der Waals surface area (Å²) in [4.78, 5) is 9.80. The summed E-state index contributed by atoms with van der Waals surface area (Å²) < 4.78 is 27.1. The molecule has 0 aliphatic carbocycles. The number of rotatable bonds is 12. The lowest BCUT2D eigenvalue weighted by Crippen LogP contribution is -2.03. The highest BCUT2D eigenvalue weighted by Gasteiger charge is 2.18. The van der Waals surface area contributed by atoms with Crippen molar-refractivity contribution in [1.29, 1.82) is 0 Å². The van der Waals surface area contributed by atoms with Gasteiger partial charge < -0.3 is 9.05 Å². The predicted molar refractivity (Wildman–Crippen MR) is 186 cm³/mol. The molecule has 0 unspecified atom stereocenters. The molecule has 0 spiro atoms. The first kappa shape index (κ1) is 30.8. The molecule has 0 N–H and O–H groups in total. The first-order valence-electron chi connectivity index (χ1n) is 15.3. The summed E-state index contributed by atoms with van der Waals surface area (Å²) in [7, 11) is -2.70. The number of benzene rings is 4. The van der Waals surface area contributed by atoms with Crippen molar-refractivity contribution < 1.29 is 13.6 Å². The molecule has 5 nitrogen and oxygen atoms in total. The van der Waals surface area contributed by atoms with Gasteiger partial charge in [0, 0.05) is 11.1 Å². The number of fused-ring (bicyclic) bond motifs is 2. The summed E-state index contributed by atoms with van der Waals surface area (Å²) in [6.07, 6.45) is 3.51. The van der Waals surface area contributed by atoms with Crippen molar-refractivity contribution in [2.24, 2.45) is 0 Å². The molecule has 8 heteroatoms. The Morgan fingerprint density at radius 2 is 0.977 bits per heavy atom. The average Bonchev–Trinajstić information content (AvgIpc) is 3.69. The Bertz CT molecular complexity index is 1760. The van der Waals surface area contributed by atoms with Crippen LogP contribution in [0.5, 0.6) is 0 Å². The summed E-state index contributed by atoms with van der Waals surface area (Å²) in [5.41, 5.74) is 11.5. The van der Waals surface area contributed by atoms with Crippen molar-refractivity contribution in [2.45, 2.75) is 66.6 Å². The molecule has 0 saturated carbocycles. The van der Waals surface area contributed by atoms with Gasteiger partial charge in [0.25, 0.3) is 0 Å². The van der Waals surface area contributed by atoms with Crippen molar-refractivity contribution in [3.05, 3.63) is 106 Å². The fourth-order valence-corrected chi connectivity index (χ4v) is 8.80. The second kappa shape index (κ2) is 13.8. The third kappa shape index (κ3) is 6.17. The van der Waals surface area contributed by atoms with Gasteiger partial charge in [-0.25, -0.2) is 9.97 Å². The Morgan fingerprint density at radius 3 is 1.36 bits per heavy atom. The highest BCUT2D eigenvalue weighted by molar-refractivity contribution is 7.33. The van der Waals surface area contributed by atoms with E-state index in [-0.39, 0.29) is 13.2 Å². The van der Waals surface area contributed by atoms with Crippen LogP contribution in [0.3, 0.4) is 0 Å². The zero-order chi connectivity index (χ0) is 30.6. The van der Waals surface area contributed by atoms with E-state index in [9.17, 15) is 4.57 Å². The fourth-order valence-electron chi connectivity index (χ4n) is 6.13. The van der Waals surface area contributed by atoms with Crippen LogP contribution >= 0.6 is 30.9 Å². The first-order chi connectivity index (χ1) is 21.5. The number of nitrogens with zero attached hydrogens (tertiary/aromatic N) is 2. The summed E-state index contributed by atoms with van der Waals surface area (Å²) in [6.45, 7) is 9.20. The van der Waals surface area contributed by atoms with Crippen molar-refractivity contribution in [3.63, 3.8) is 0 Å². The van der Waals surface area contributed by atoms with Gasteiger partial charge in [-0.2, -0.15) is 0 Å². The zero-order valence-electron chi connectivity index (χ0n) is 25.6. The standard InChI is InChI=1S/C36H37N2O3PS2/c1-5-25-23(17-19-29(27(25)7-3)35-37-31-13-9-11-15-33(31)43-35)21-40-42(39)41-22-24-18-20-30(28(8-4)26(24)6-2)36-38-32-14-10-12-16-34(32)44-36/h9-20,42H,5-8,21-22H2,1-4H3. The van der Waals surface area contributed by atoms with Crippen LogP contribution in [0.4, 0.5) is 0 Å². The van der Waals surface area contributed by atoms with Crippen LogP contribution in [-0.2, 0) is 52.5 Å². The fraction of sp³-hybridized carbons (Fsp3) is 0.278. The molecule has 0 aliphatic heterocycles. The summed E-state index contributed by atoms with van der Waals surface area (Å²) >= 11 is 3.45. The zero-order valence-corrected chi connectivity index (χ0v) is 28.2. The molecule has 6 aromatic rings. The van der Waals surface area contributed by atoms with Crippen LogP contribution < -0.4 is 0 Å². The van der Waals surface area contributed by atoms with Gasteiger partial charge in [-0.1, -0.05) is 76.2 Å². The third-order valence-electron chi connectivity index (χ3n) is 8.21. The minimum atomic E-state index is -2.70. The summed E-state index contributed by atoms with van der Waals surface area (Å²) in [5.74, 6) is 0. The summed E-state index contributed by atoms with van der Waals surface area (Å²) in [5, 5.41) is 2.07. The van der Waals surface area contributed by atoms with Crippen LogP contribution in [0.2, 0.25) is 0 Å². The molecule has 2 heterocycles. The van der Waals surface area contributed by atoms with E-state index in [1.54, 1.807) is 22.7 Å². The largest absolute Gasteiger partial charge is 0.319 e. The quantitative estimate of drug-likeness (QED) is 0.125. The minimum absolute atomic E-state index is 0.255. The SMILES string of the molecule is CCc1c(CO[PH](=O)OCc2ccc(-c3nc4ccccc4s3)c(CC)c2CC)ccc(-c2nc3ccccc3s2)c1CC. The Labute approximate surface area is 267 Å². The molecule has 4 aromatic carbocycles. The third-order valence-corrected chi connectivity index (χ3v) is 11.1. The van der Waals surface area contributed by atoms with E-state index in [0.717, 1.165) is 57.9 Å². The van der Waals surface area contributed by atoms with Crippen molar-refractivity contribution in [1.82, 2.24) is 9.97 Å². The molecule has 0 saturated heterocycles. The molecule has 0 amide bonds. The Morgan fingerprint density at radius 1 is 0.568 bits per heavy atom. The molecule has 0 atom stereocenters. The smallest absolute Gasteiger partial charge is 0.306 e. The van der Waals surface area contributed by atoms with E-state index in [1.165, 1.54) is 42.8 Å². The molecule has 0 radical (unpaired) electrons. The van der Waals surface area contributed by atoms with Crippen LogP contribution in [0.25, 0.3) is 41.6 Å². The van der Waals surface area contributed by atoms with Gasteiger partial charge >= 0.3 is 8.25 Å². The minimum Gasteiger partial charge on any atom is -0.306 e. The van der Waals surface area contributed by atoms with Gasteiger partial charge in [-0.3, -0.25) is 4.57 Å². The maximum atomic E-state index is 13.0.